The molecule has 33 heavy (non-hydrogen) atoms. The largest absolute Gasteiger partial charge is 0.342 e. The molecule has 1 fully saturated rings. The molecule has 0 N–H and O–H groups in total. The van der Waals surface area contributed by atoms with Crippen molar-refractivity contribution in [1.82, 2.24) is 9.55 Å². The molecule has 3 nitrogen and oxygen atoms in total. The molecule has 5 heteroatoms. The van der Waals surface area contributed by atoms with E-state index in [2.05, 4.69) is 34.6 Å². The number of fused-ring (bicyclic) bond motifs is 1. The Bertz CT molecular complexity index is 1310. The standard InChI is InChI=1S/C28H29ClFN3/c1-18-13-23(22-9-5-6-10-24(22)29)27-25(14-18)33(28(31-27)32-11-7-4-8-12-32)17-21-15-19(2)26(30)20(3)16-21/h5-6,9-10,13-16H,4,7-8,11-12,17H2,1-3H3. The topological polar surface area (TPSA) is 21.1 Å². The Labute approximate surface area is 199 Å². The molecule has 0 unspecified atom stereocenters. The molecule has 0 spiro atoms. The second-order valence-corrected chi connectivity index (χ2v) is 9.66. The molecule has 0 radical (unpaired) electrons. The van der Waals surface area contributed by atoms with Gasteiger partial charge in [-0.05, 0) is 80.5 Å². The van der Waals surface area contributed by atoms with Gasteiger partial charge in [0, 0.05) is 29.2 Å². The summed E-state index contributed by atoms with van der Waals surface area (Å²) in [5.74, 6) is 0.866. The minimum atomic E-state index is -0.123. The van der Waals surface area contributed by atoms with Crippen LogP contribution >= 0.6 is 11.6 Å². The average Bonchev–Trinajstić information content (AvgIpc) is 3.16. The molecule has 1 aromatic heterocycles. The van der Waals surface area contributed by atoms with Crippen LogP contribution in [0.1, 0.15) is 41.5 Å². The maximum atomic E-state index is 14.3. The van der Waals surface area contributed by atoms with Gasteiger partial charge in [0.15, 0.2) is 0 Å². The monoisotopic (exact) mass is 461 g/mol. The summed E-state index contributed by atoms with van der Waals surface area (Å²) in [5, 5.41) is 0.725. The van der Waals surface area contributed by atoms with Crippen molar-refractivity contribution >= 4 is 28.6 Å². The zero-order valence-electron chi connectivity index (χ0n) is 19.5. The minimum Gasteiger partial charge on any atom is -0.342 e. The molecule has 170 valence electrons. The lowest BCUT2D eigenvalue weighted by molar-refractivity contribution is 0.560. The molecule has 1 saturated heterocycles. The van der Waals surface area contributed by atoms with Crippen LogP contribution < -0.4 is 4.90 Å². The van der Waals surface area contributed by atoms with Gasteiger partial charge in [-0.15, -0.1) is 0 Å². The second kappa shape index (κ2) is 8.83. The van der Waals surface area contributed by atoms with Crippen molar-refractivity contribution in [2.75, 3.05) is 18.0 Å². The highest BCUT2D eigenvalue weighted by Gasteiger charge is 2.22. The summed E-state index contributed by atoms with van der Waals surface area (Å²) in [6.07, 6.45) is 3.61. The molecule has 0 saturated carbocycles. The van der Waals surface area contributed by atoms with Gasteiger partial charge in [0.1, 0.15) is 5.82 Å². The van der Waals surface area contributed by atoms with E-state index in [0.717, 1.165) is 57.3 Å². The minimum absolute atomic E-state index is 0.123. The molecule has 1 aliphatic heterocycles. The molecule has 3 aromatic carbocycles. The molecule has 0 atom stereocenters. The Hall–Kier alpha value is -2.85. The maximum absolute atomic E-state index is 14.3. The van der Waals surface area contributed by atoms with E-state index < -0.39 is 0 Å². The predicted octanol–water partition coefficient (Wildman–Crippen LogP) is 7.46. The number of hydrogen-bond donors (Lipinski definition) is 0. The first-order valence-electron chi connectivity index (χ1n) is 11.7. The van der Waals surface area contributed by atoms with Crippen molar-refractivity contribution in [2.24, 2.45) is 0 Å². The van der Waals surface area contributed by atoms with Crippen LogP contribution in [0.25, 0.3) is 22.2 Å². The van der Waals surface area contributed by atoms with Crippen LogP contribution in [-0.2, 0) is 6.54 Å². The Balaban J connectivity index is 1.73. The summed E-state index contributed by atoms with van der Waals surface area (Å²) in [4.78, 5) is 7.61. The number of halogens is 2. The van der Waals surface area contributed by atoms with E-state index in [1.165, 1.54) is 19.3 Å². The molecule has 1 aliphatic rings. The van der Waals surface area contributed by atoms with Crippen LogP contribution in [0.3, 0.4) is 0 Å². The lowest BCUT2D eigenvalue weighted by atomic mass is 10.0. The summed E-state index contributed by atoms with van der Waals surface area (Å²) in [6.45, 7) is 8.45. The lowest BCUT2D eigenvalue weighted by Gasteiger charge is -2.28. The highest BCUT2D eigenvalue weighted by Crippen LogP contribution is 2.37. The third-order valence-electron chi connectivity index (χ3n) is 6.62. The van der Waals surface area contributed by atoms with Crippen molar-refractivity contribution in [3.63, 3.8) is 0 Å². The van der Waals surface area contributed by atoms with E-state index in [4.69, 9.17) is 16.6 Å². The van der Waals surface area contributed by atoms with Gasteiger partial charge in [-0.25, -0.2) is 9.37 Å². The van der Waals surface area contributed by atoms with E-state index in [1.54, 1.807) is 0 Å². The number of aromatic nitrogens is 2. The van der Waals surface area contributed by atoms with E-state index in [-0.39, 0.29) is 5.82 Å². The third kappa shape index (κ3) is 4.13. The van der Waals surface area contributed by atoms with Gasteiger partial charge in [-0.3, -0.25) is 0 Å². The lowest BCUT2D eigenvalue weighted by Crippen LogP contribution is -2.32. The fourth-order valence-electron chi connectivity index (χ4n) is 5.04. The van der Waals surface area contributed by atoms with Crippen LogP contribution in [-0.4, -0.2) is 22.6 Å². The zero-order valence-corrected chi connectivity index (χ0v) is 20.2. The first-order valence-corrected chi connectivity index (χ1v) is 12.1. The summed E-state index contributed by atoms with van der Waals surface area (Å²) in [7, 11) is 0. The van der Waals surface area contributed by atoms with Crippen LogP contribution in [0.2, 0.25) is 5.02 Å². The Kier molecular flexibility index (Phi) is 5.88. The number of anilines is 1. The first-order chi connectivity index (χ1) is 15.9. The zero-order chi connectivity index (χ0) is 23.1. The number of imidazole rings is 1. The van der Waals surface area contributed by atoms with E-state index in [1.807, 2.05) is 44.2 Å². The Morgan fingerprint density at radius 3 is 2.30 bits per heavy atom. The highest BCUT2D eigenvalue weighted by molar-refractivity contribution is 6.33. The average molecular weight is 462 g/mol. The SMILES string of the molecule is Cc1cc(-c2ccccc2Cl)c2nc(N3CCCCC3)n(Cc3cc(C)c(F)c(C)c3)c2c1. The first kappa shape index (κ1) is 22.0. The van der Waals surface area contributed by atoms with E-state index in [0.29, 0.717) is 17.7 Å². The van der Waals surface area contributed by atoms with Crippen molar-refractivity contribution in [1.29, 1.82) is 0 Å². The number of rotatable bonds is 4. The Morgan fingerprint density at radius 2 is 1.61 bits per heavy atom. The van der Waals surface area contributed by atoms with Gasteiger partial charge >= 0.3 is 0 Å². The second-order valence-electron chi connectivity index (χ2n) is 9.25. The van der Waals surface area contributed by atoms with Gasteiger partial charge in [0.2, 0.25) is 5.95 Å². The fourth-order valence-corrected chi connectivity index (χ4v) is 5.27. The number of piperidine rings is 1. The normalized spacial score (nSPS) is 14.3. The third-order valence-corrected chi connectivity index (χ3v) is 6.95. The van der Waals surface area contributed by atoms with Crippen molar-refractivity contribution < 1.29 is 4.39 Å². The van der Waals surface area contributed by atoms with Crippen molar-refractivity contribution in [3.8, 4) is 11.1 Å². The molecule has 5 rings (SSSR count). The van der Waals surface area contributed by atoms with Crippen LogP contribution in [0.5, 0.6) is 0 Å². The molecular weight excluding hydrogens is 433 g/mol. The van der Waals surface area contributed by atoms with Gasteiger partial charge < -0.3 is 9.47 Å². The predicted molar refractivity (Wildman–Crippen MR) is 136 cm³/mol. The quantitative estimate of drug-likeness (QED) is 0.314. The summed E-state index contributed by atoms with van der Waals surface area (Å²) in [5.41, 5.74) is 7.72. The van der Waals surface area contributed by atoms with Crippen molar-refractivity contribution in [2.45, 2.75) is 46.6 Å². The fraction of sp³-hybridized carbons (Fsp3) is 0.321. The van der Waals surface area contributed by atoms with Crippen LogP contribution in [0.4, 0.5) is 10.3 Å². The summed E-state index contributed by atoms with van der Waals surface area (Å²) >= 11 is 6.61. The molecule has 4 aromatic rings. The van der Waals surface area contributed by atoms with Gasteiger partial charge in [-0.1, -0.05) is 41.9 Å². The van der Waals surface area contributed by atoms with Gasteiger partial charge in [0.25, 0.3) is 0 Å². The molecular formula is C28H29ClFN3. The molecule has 0 bridgehead atoms. The van der Waals surface area contributed by atoms with Gasteiger partial charge in [-0.2, -0.15) is 0 Å². The summed E-state index contributed by atoms with van der Waals surface area (Å²) < 4.78 is 16.6. The molecule has 0 amide bonds. The molecule has 0 aliphatic carbocycles. The number of aryl methyl sites for hydroxylation is 3. The van der Waals surface area contributed by atoms with E-state index >= 15 is 0 Å². The number of hydrogen-bond acceptors (Lipinski definition) is 2. The van der Waals surface area contributed by atoms with Crippen LogP contribution in [0.15, 0.2) is 48.5 Å². The van der Waals surface area contributed by atoms with Gasteiger partial charge in [0.05, 0.1) is 17.6 Å². The van der Waals surface area contributed by atoms with Crippen molar-refractivity contribution in [3.05, 3.63) is 81.6 Å². The molecule has 2 heterocycles. The number of benzene rings is 3. The van der Waals surface area contributed by atoms with E-state index in [9.17, 15) is 4.39 Å². The smallest absolute Gasteiger partial charge is 0.206 e. The summed E-state index contributed by atoms with van der Waals surface area (Å²) in [6, 6.07) is 16.3. The Morgan fingerprint density at radius 1 is 0.909 bits per heavy atom. The number of nitrogens with zero attached hydrogens (tertiary/aromatic N) is 3. The van der Waals surface area contributed by atoms with Crippen LogP contribution in [0, 0.1) is 26.6 Å². The maximum Gasteiger partial charge on any atom is 0.206 e. The highest BCUT2D eigenvalue weighted by atomic mass is 35.5.